The van der Waals surface area contributed by atoms with Crippen LogP contribution in [0.2, 0.25) is 5.02 Å². The van der Waals surface area contributed by atoms with E-state index in [4.69, 9.17) is 21.4 Å². The lowest BCUT2D eigenvalue weighted by Crippen LogP contribution is -2.37. The molecule has 0 amide bonds. The van der Waals surface area contributed by atoms with E-state index in [9.17, 15) is 4.79 Å². The van der Waals surface area contributed by atoms with Crippen LogP contribution in [0, 0.1) is 0 Å². The molecule has 0 spiro atoms. The molecule has 2 radical (unpaired) electrons. The Morgan fingerprint density at radius 1 is 1.33 bits per heavy atom. The van der Waals surface area contributed by atoms with Crippen molar-refractivity contribution in [3.05, 3.63) is 29.3 Å². The van der Waals surface area contributed by atoms with Gasteiger partial charge >= 0.3 is 5.97 Å². The van der Waals surface area contributed by atoms with Crippen LogP contribution in [0.15, 0.2) is 24.3 Å². The lowest BCUT2D eigenvalue weighted by molar-refractivity contribution is -0.152. The van der Waals surface area contributed by atoms with Gasteiger partial charge in [0.05, 0.1) is 0 Å². The normalized spacial score (nSPS) is 10.3. The van der Waals surface area contributed by atoms with Gasteiger partial charge in [-0.1, -0.05) is 11.6 Å². The van der Waals surface area contributed by atoms with Crippen LogP contribution in [0.5, 0.6) is 5.75 Å². The summed E-state index contributed by atoms with van der Waals surface area (Å²) in [6.07, 6.45) is 0. The molecule has 0 aromatic heterocycles. The van der Waals surface area contributed by atoms with Gasteiger partial charge in [0, 0.05) is 28.1 Å². The molecule has 0 saturated carbocycles. The van der Waals surface area contributed by atoms with Crippen LogP contribution >= 0.6 is 11.6 Å². The second-order valence-corrected chi connectivity index (χ2v) is 3.81. The number of carbonyl (C=O) groups is 1. The molecule has 0 bridgehead atoms. The Morgan fingerprint density at radius 2 is 1.80 bits per heavy atom. The summed E-state index contributed by atoms with van der Waals surface area (Å²) in [6, 6.07) is 6.56. The van der Waals surface area contributed by atoms with Crippen molar-refractivity contribution in [2.24, 2.45) is 0 Å². The van der Waals surface area contributed by atoms with Crippen molar-refractivity contribution in [1.82, 2.24) is 0 Å². The number of carboxylic acids is 1. The molecule has 15 heavy (non-hydrogen) atoms. The highest BCUT2D eigenvalue weighted by atomic mass is 35.5. The highest BCUT2D eigenvalue weighted by Crippen LogP contribution is 2.20. The minimum Gasteiger partial charge on any atom is -0.478 e. The number of hydrogen-bond acceptors (Lipinski definition) is 2. The van der Waals surface area contributed by atoms with Gasteiger partial charge < -0.3 is 9.84 Å². The molecule has 0 aliphatic heterocycles. The van der Waals surface area contributed by atoms with Crippen molar-refractivity contribution < 1.29 is 14.6 Å². The van der Waals surface area contributed by atoms with E-state index in [1.165, 1.54) is 13.8 Å². The molecular formula is C10H11ClMgO3. The monoisotopic (exact) mass is 238 g/mol. The Morgan fingerprint density at radius 3 is 2.20 bits per heavy atom. The van der Waals surface area contributed by atoms with Crippen LogP contribution in [-0.2, 0) is 4.79 Å². The summed E-state index contributed by atoms with van der Waals surface area (Å²) < 4.78 is 5.26. The average molecular weight is 239 g/mol. The smallest absolute Gasteiger partial charge is 0.347 e. The van der Waals surface area contributed by atoms with Gasteiger partial charge in [-0.25, -0.2) is 4.79 Å². The average Bonchev–Trinajstić information content (AvgIpc) is 2.08. The van der Waals surface area contributed by atoms with Crippen molar-refractivity contribution in [2.45, 2.75) is 19.4 Å². The summed E-state index contributed by atoms with van der Waals surface area (Å²) in [4.78, 5) is 10.7. The van der Waals surface area contributed by atoms with Crippen molar-refractivity contribution >= 4 is 40.6 Å². The first-order valence-electron chi connectivity index (χ1n) is 4.10. The van der Waals surface area contributed by atoms with Gasteiger partial charge in [0.1, 0.15) is 5.75 Å². The zero-order chi connectivity index (χ0) is 10.8. The van der Waals surface area contributed by atoms with Crippen LogP contribution in [-0.4, -0.2) is 39.7 Å². The van der Waals surface area contributed by atoms with E-state index in [0.29, 0.717) is 10.8 Å². The minimum absolute atomic E-state index is 0. The predicted octanol–water partition coefficient (Wildman–Crippen LogP) is 2.20. The zero-order valence-electron chi connectivity index (χ0n) is 8.66. The topological polar surface area (TPSA) is 46.5 Å². The maximum Gasteiger partial charge on any atom is 0.347 e. The van der Waals surface area contributed by atoms with E-state index in [2.05, 4.69) is 0 Å². The maximum atomic E-state index is 10.7. The molecule has 1 aromatic carbocycles. The standard InChI is InChI=1S/C10H11ClO3.Mg/c1-10(2,9(12)13)14-8-5-3-7(11)4-6-8;/h3-6H,1-2H3,(H,12,13);. The molecule has 1 N–H and O–H groups in total. The third-order valence-corrected chi connectivity index (χ3v) is 1.95. The van der Waals surface area contributed by atoms with Crippen molar-refractivity contribution in [3.63, 3.8) is 0 Å². The Kier molecular flexibility index (Phi) is 5.41. The fourth-order valence-corrected chi connectivity index (χ4v) is 0.967. The highest BCUT2D eigenvalue weighted by Gasteiger charge is 2.29. The summed E-state index contributed by atoms with van der Waals surface area (Å²) >= 11 is 5.67. The fourth-order valence-electron chi connectivity index (χ4n) is 0.841. The van der Waals surface area contributed by atoms with Crippen molar-refractivity contribution in [1.29, 1.82) is 0 Å². The zero-order valence-corrected chi connectivity index (χ0v) is 10.8. The summed E-state index contributed by atoms with van der Waals surface area (Å²) in [5, 5.41) is 9.39. The fraction of sp³-hybridized carbons (Fsp3) is 0.300. The number of benzene rings is 1. The molecule has 0 aliphatic carbocycles. The number of aliphatic carboxylic acids is 1. The third-order valence-electron chi connectivity index (χ3n) is 1.70. The van der Waals surface area contributed by atoms with E-state index in [1.807, 2.05) is 0 Å². The van der Waals surface area contributed by atoms with E-state index in [0.717, 1.165) is 0 Å². The molecule has 5 heteroatoms. The molecule has 0 aliphatic rings. The lowest BCUT2D eigenvalue weighted by Gasteiger charge is -2.21. The van der Waals surface area contributed by atoms with E-state index >= 15 is 0 Å². The summed E-state index contributed by atoms with van der Waals surface area (Å²) in [5.74, 6) is -0.519. The van der Waals surface area contributed by atoms with Crippen LogP contribution < -0.4 is 4.74 Å². The second-order valence-electron chi connectivity index (χ2n) is 3.37. The molecule has 0 heterocycles. The number of carboxylic acid groups (broad SMARTS) is 1. The van der Waals surface area contributed by atoms with Gasteiger partial charge in [0.25, 0.3) is 0 Å². The highest BCUT2D eigenvalue weighted by molar-refractivity contribution is 6.30. The molecule has 0 atom stereocenters. The van der Waals surface area contributed by atoms with Gasteiger partial charge in [-0.2, -0.15) is 0 Å². The molecule has 1 rings (SSSR count). The van der Waals surface area contributed by atoms with Gasteiger partial charge in [-0.05, 0) is 38.1 Å². The number of hydrogen-bond donors (Lipinski definition) is 1. The molecule has 1 aromatic rings. The Balaban J connectivity index is 0.00000196. The number of rotatable bonds is 3. The molecule has 3 nitrogen and oxygen atoms in total. The summed E-state index contributed by atoms with van der Waals surface area (Å²) in [6.45, 7) is 2.98. The van der Waals surface area contributed by atoms with E-state index in [-0.39, 0.29) is 23.1 Å². The number of ether oxygens (including phenoxy) is 1. The van der Waals surface area contributed by atoms with Crippen LogP contribution in [0.3, 0.4) is 0 Å². The van der Waals surface area contributed by atoms with E-state index < -0.39 is 11.6 Å². The first-order chi connectivity index (χ1) is 6.42. The first kappa shape index (κ1) is 14.5. The summed E-state index contributed by atoms with van der Waals surface area (Å²) in [7, 11) is 0. The van der Waals surface area contributed by atoms with E-state index in [1.54, 1.807) is 24.3 Å². The molecule has 0 saturated heterocycles. The SMILES string of the molecule is CC(C)(Oc1ccc(Cl)cc1)C(=O)O.[Mg]. The summed E-state index contributed by atoms with van der Waals surface area (Å²) in [5.41, 5.74) is -1.23. The lowest BCUT2D eigenvalue weighted by atomic mass is 10.1. The van der Waals surface area contributed by atoms with Crippen LogP contribution in [0.1, 0.15) is 13.8 Å². The Hall–Kier alpha value is -0.454. The Bertz CT molecular complexity index is 335. The van der Waals surface area contributed by atoms with Crippen molar-refractivity contribution in [2.75, 3.05) is 0 Å². The molecule has 0 fully saturated rings. The van der Waals surface area contributed by atoms with Gasteiger partial charge in [0.2, 0.25) is 0 Å². The van der Waals surface area contributed by atoms with Crippen LogP contribution in [0.25, 0.3) is 0 Å². The van der Waals surface area contributed by atoms with Gasteiger partial charge in [-0.15, -0.1) is 0 Å². The largest absolute Gasteiger partial charge is 0.478 e. The van der Waals surface area contributed by atoms with Crippen LogP contribution in [0.4, 0.5) is 0 Å². The molecular weight excluding hydrogens is 228 g/mol. The maximum absolute atomic E-state index is 10.7. The first-order valence-corrected chi connectivity index (χ1v) is 4.47. The Labute approximate surface area is 110 Å². The van der Waals surface area contributed by atoms with Gasteiger partial charge in [-0.3, -0.25) is 0 Å². The van der Waals surface area contributed by atoms with Crippen molar-refractivity contribution in [3.8, 4) is 5.75 Å². The molecule has 0 unspecified atom stereocenters. The predicted molar refractivity (Wildman–Crippen MR) is 59.5 cm³/mol. The third kappa shape index (κ3) is 4.28. The van der Waals surface area contributed by atoms with Gasteiger partial charge in [0.15, 0.2) is 5.60 Å². The number of halogens is 1. The molecule has 78 valence electrons. The second kappa shape index (κ2) is 5.58. The minimum atomic E-state index is -1.23. The quantitative estimate of drug-likeness (QED) is 0.822.